The van der Waals surface area contributed by atoms with E-state index in [9.17, 15) is 5.11 Å². The van der Waals surface area contributed by atoms with E-state index in [1.807, 2.05) is 26.0 Å². The molecule has 2 heterocycles. The molecule has 0 aliphatic carbocycles. The van der Waals surface area contributed by atoms with E-state index >= 15 is 0 Å². The molecule has 118 valence electrons. The maximum absolute atomic E-state index is 10.3. The predicted molar refractivity (Wildman–Crippen MR) is 84.5 cm³/mol. The Morgan fingerprint density at radius 3 is 2.95 bits per heavy atom. The number of benzene rings is 1. The molecule has 1 aromatic carbocycles. The number of likely N-dealkylation sites (tertiary alicyclic amines) is 1. The van der Waals surface area contributed by atoms with Gasteiger partial charge in [-0.1, -0.05) is 17.7 Å². The van der Waals surface area contributed by atoms with Crippen LogP contribution < -0.4 is 0 Å². The number of hydrogen-bond donors (Lipinski definition) is 1. The first kappa shape index (κ1) is 15.5. The van der Waals surface area contributed by atoms with Gasteiger partial charge in [-0.15, -0.1) is 10.2 Å². The molecule has 1 aliphatic rings. The van der Waals surface area contributed by atoms with E-state index in [0.717, 1.165) is 24.9 Å². The lowest BCUT2D eigenvalue weighted by atomic mass is 9.97. The van der Waals surface area contributed by atoms with Crippen molar-refractivity contribution in [3.05, 3.63) is 35.2 Å². The lowest BCUT2D eigenvalue weighted by molar-refractivity contribution is -0.00723. The van der Waals surface area contributed by atoms with Crippen LogP contribution in [0.4, 0.5) is 0 Å². The second-order valence-electron chi connectivity index (χ2n) is 6.29. The van der Waals surface area contributed by atoms with Gasteiger partial charge in [0.2, 0.25) is 11.8 Å². The summed E-state index contributed by atoms with van der Waals surface area (Å²) in [6.07, 6.45) is 2.06. The van der Waals surface area contributed by atoms with Gasteiger partial charge >= 0.3 is 0 Å². The standard InChI is InChI=1S/C16H20ClN3O2/c1-16(2,21)13-7-4-8-20(13)10-14-18-19-15(22-14)11-5-3-6-12(17)9-11/h3,5-6,9,13,21H,4,7-8,10H2,1-2H3. The Hall–Kier alpha value is -1.43. The van der Waals surface area contributed by atoms with Crippen LogP contribution in [0, 0.1) is 0 Å². The molecule has 1 aromatic heterocycles. The van der Waals surface area contributed by atoms with Crippen LogP contribution in [0.15, 0.2) is 28.7 Å². The summed E-state index contributed by atoms with van der Waals surface area (Å²) in [7, 11) is 0. The second-order valence-corrected chi connectivity index (χ2v) is 6.73. The molecule has 1 atom stereocenters. The van der Waals surface area contributed by atoms with Crippen molar-refractivity contribution in [3.63, 3.8) is 0 Å². The highest BCUT2D eigenvalue weighted by Crippen LogP contribution is 2.28. The summed E-state index contributed by atoms with van der Waals surface area (Å²) in [6.45, 7) is 5.19. The number of aliphatic hydroxyl groups is 1. The van der Waals surface area contributed by atoms with Crippen molar-refractivity contribution in [2.24, 2.45) is 0 Å². The molecule has 6 heteroatoms. The molecule has 0 amide bonds. The quantitative estimate of drug-likeness (QED) is 0.937. The Morgan fingerprint density at radius 1 is 1.41 bits per heavy atom. The third-order valence-corrected chi connectivity index (χ3v) is 4.29. The number of nitrogens with zero attached hydrogens (tertiary/aromatic N) is 3. The minimum atomic E-state index is -0.730. The molecule has 0 bridgehead atoms. The monoisotopic (exact) mass is 321 g/mol. The molecule has 0 spiro atoms. The minimum absolute atomic E-state index is 0.119. The molecule has 1 unspecified atom stereocenters. The number of aromatic nitrogens is 2. The van der Waals surface area contributed by atoms with E-state index in [4.69, 9.17) is 16.0 Å². The molecule has 1 saturated heterocycles. The lowest BCUT2D eigenvalue weighted by Crippen LogP contribution is -2.45. The van der Waals surface area contributed by atoms with Crippen molar-refractivity contribution >= 4 is 11.6 Å². The largest absolute Gasteiger partial charge is 0.419 e. The van der Waals surface area contributed by atoms with Gasteiger partial charge in [-0.25, -0.2) is 0 Å². The Balaban J connectivity index is 1.75. The van der Waals surface area contributed by atoms with E-state index in [2.05, 4.69) is 15.1 Å². The molecular formula is C16H20ClN3O2. The first-order valence-corrected chi connectivity index (χ1v) is 7.86. The summed E-state index contributed by atoms with van der Waals surface area (Å²) >= 11 is 5.98. The van der Waals surface area contributed by atoms with E-state index in [1.165, 1.54) is 0 Å². The van der Waals surface area contributed by atoms with Gasteiger partial charge in [-0.3, -0.25) is 4.90 Å². The van der Waals surface area contributed by atoms with Crippen molar-refractivity contribution in [2.75, 3.05) is 6.54 Å². The van der Waals surface area contributed by atoms with Crippen LogP contribution in [0.25, 0.3) is 11.5 Å². The van der Waals surface area contributed by atoms with Gasteiger partial charge in [-0.2, -0.15) is 0 Å². The Labute approximate surface area is 134 Å². The molecular weight excluding hydrogens is 302 g/mol. The number of hydrogen-bond acceptors (Lipinski definition) is 5. The number of rotatable bonds is 4. The maximum Gasteiger partial charge on any atom is 0.247 e. The van der Waals surface area contributed by atoms with Crippen molar-refractivity contribution in [1.82, 2.24) is 15.1 Å². The van der Waals surface area contributed by atoms with E-state index < -0.39 is 5.60 Å². The van der Waals surface area contributed by atoms with Gasteiger partial charge in [0, 0.05) is 16.6 Å². The van der Waals surface area contributed by atoms with Gasteiger partial charge in [0.05, 0.1) is 12.1 Å². The summed E-state index contributed by atoms with van der Waals surface area (Å²) in [4.78, 5) is 2.20. The molecule has 1 N–H and O–H groups in total. The average Bonchev–Trinajstić information content (AvgIpc) is 3.08. The molecule has 1 fully saturated rings. The van der Waals surface area contributed by atoms with Crippen molar-refractivity contribution in [2.45, 2.75) is 44.9 Å². The molecule has 1 aliphatic heterocycles. The topological polar surface area (TPSA) is 62.4 Å². The van der Waals surface area contributed by atoms with Gasteiger partial charge in [0.15, 0.2) is 0 Å². The van der Waals surface area contributed by atoms with Crippen LogP contribution in [0.3, 0.4) is 0 Å². The number of halogens is 1. The summed E-state index contributed by atoms with van der Waals surface area (Å²) in [6, 6.07) is 7.47. The second kappa shape index (κ2) is 5.99. The Bertz CT molecular complexity index is 651. The van der Waals surface area contributed by atoms with Crippen LogP contribution in [0.2, 0.25) is 5.02 Å². The van der Waals surface area contributed by atoms with Gasteiger partial charge in [0.1, 0.15) is 0 Å². The van der Waals surface area contributed by atoms with Crippen molar-refractivity contribution in [3.8, 4) is 11.5 Å². The third-order valence-electron chi connectivity index (χ3n) is 4.06. The van der Waals surface area contributed by atoms with Crippen LogP contribution in [0.1, 0.15) is 32.6 Å². The Morgan fingerprint density at radius 2 is 2.23 bits per heavy atom. The highest BCUT2D eigenvalue weighted by atomic mass is 35.5. The fourth-order valence-electron chi connectivity index (χ4n) is 3.04. The third kappa shape index (κ3) is 3.32. The SMILES string of the molecule is CC(C)(O)C1CCCN1Cc1nnc(-c2cccc(Cl)c2)o1. The fourth-order valence-corrected chi connectivity index (χ4v) is 3.24. The zero-order valence-corrected chi connectivity index (χ0v) is 13.5. The molecule has 0 saturated carbocycles. The van der Waals surface area contributed by atoms with E-state index in [0.29, 0.717) is 23.3 Å². The normalized spacial score (nSPS) is 19.7. The minimum Gasteiger partial charge on any atom is -0.419 e. The van der Waals surface area contributed by atoms with Crippen LogP contribution in [0.5, 0.6) is 0 Å². The van der Waals surface area contributed by atoms with Crippen LogP contribution >= 0.6 is 11.6 Å². The highest BCUT2D eigenvalue weighted by Gasteiger charge is 2.36. The molecule has 2 aromatic rings. The smallest absolute Gasteiger partial charge is 0.247 e. The molecule has 22 heavy (non-hydrogen) atoms. The lowest BCUT2D eigenvalue weighted by Gasteiger charge is -2.32. The predicted octanol–water partition coefficient (Wildman–Crippen LogP) is 3.13. The average molecular weight is 322 g/mol. The van der Waals surface area contributed by atoms with E-state index in [1.54, 1.807) is 12.1 Å². The van der Waals surface area contributed by atoms with E-state index in [-0.39, 0.29) is 6.04 Å². The van der Waals surface area contributed by atoms with Gasteiger partial charge in [0.25, 0.3) is 0 Å². The summed E-state index contributed by atoms with van der Waals surface area (Å²) < 4.78 is 5.74. The van der Waals surface area contributed by atoms with Crippen LogP contribution in [-0.2, 0) is 6.54 Å². The first-order valence-electron chi connectivity index (χ1n) is 7.48. The van der Waals surface area contributed by atoms with Crippen molar-refractivity contribution in [1.29, 1.82) is 0 Å². The summed E-state index contributed by atoms with van der Waals surface area (Å²) in [5.41, 5.74) is 0.0819. The van der Waals surface area contributed by atoms with Gasteiger partial charge < -0.3 is 9.52 Å². The fraction of sp³-hybridized carbons (Fsp3) is 0.500. The first-order chi connectivity index (χ1) is 10.4. The molecule has 5 nitrogen and oxygen atoms in total. The van der Waals surface area contributed by atoms with Crippen LogP contribution in [-0.4, -0.2) is 38.4 Å². The zero-order valence-electron chi connectivity index (χ0n) is 12.8. The van der Waals surface area contributed by atoms with Crippen molar-refractivity contribution < 1.29 is 9.52 Å². The highest BCUT2D eigenvalue weighted by molar-refractivity contribution is 6.30. The molecule has 3 rings (SSSR count). The molecule has 0 radical (unpaired) electrons. The van der Waals surface area contributed by atoms with Gasteiger partial charge in [-0.05, 0) is 51.4 Å². The summed E-state index contributed by atoms with van der Waals surface area (Å²) in [5, 5.41) is 19.1. The zero-order chi connectivity index (χ0) is 15.7. The Kier molecular flexibility index (Phi) is 4.21. The summed E-state index contributed by atoms with van der Waals surface area (Å²) in [5.74, 6) is 1.03. The maximum atomic E-state index is 10.3.